The highest BCUT2D eigenvalue weighted by molar-refractivity contribution is 5.93. The molecule has 0 radical (unpaired) electrons. The Bertz CT molecular complexity index is 1770. The fourth-order valence-corrected chi connectivity index (χ4v) is 6.02. The van der Waals surface area contributed by atoms with Crippen LogP contribution in [-0.2, 0) is 14.3 Å². The van der Waals surface area contributed by atoms with Gasteiger partial charge in [-0.25, -0.2) is 13.6 Å². The van der Waals surface area contributed by atoms with Gasteiger partial charge in [-0.15, -0.1) is 0 Å². The number of esters is 1. The highest BCUT2D eigenvalue weighted by Gasteiger charge is 2.35. The van der Waals surface area contributed by atoms with Crippen LogP contribution in [0.2, 0.25) is 0 Å². The molecule has 12 nitrogen and oxygen atoms in total. The number of hydrogen-bond acceptors (Lipinski definition) is 9. The number of nitrogens with zero attached hydrogens (tertiary/aromatic N) is 3. The molecule has 3 fully saturated rings. The van der Waals surface area contributed by atoms with Gasteiger partial charge in [-0.2, -0.15) is 0 Å². The van der Waals surface area contributed by atoms with Crippen LogP contribution in [0.15, 0.2) is 41.3 Å². The number of carbonyl (C=O) groups is 3. The molecule has 1 aromatic heterocycles. The van der Waals surface area contributed by atoms with Gasteiger partial charge >= 0.3 is 11.9 Å². The van der Waals surface area contributed by atoms with Crippen molar-refractivity contribution in [2.45, 2.75) is 50.4 Å². The summed E-state index contributed by atoms with van der Waals surface area (Å²) in [6.45, 7) is 2.00. The van der Waals surface area contributed by atoms with Gasteiger partial charge in [0.15, 0.2) is 11.6 Å². The van der Waals surface area contributed by atoms with Gasteiger partial charge in [-0.3, -0.25) is 14.4 Å². The summed E-state index contributed by atoms with van der Waals surface area (Å²) in [5.74, 6) is -3.53. The van der Waals surface area contributed by atoms with Crippen molar-refractivity contribution in [1.29, 1.82) is 0 Å². The molecule has 2 aliphatic heterocycles. The Morgan fingerprint density at radius 1 is 1.09 bits per heavy atom. The van der Waals surface area contributed by atoms with Gasteiger partial charge in [0.05, 0.1) is 24.3 Å². The molecule has 46 heavy (non-hydrogen) atoms. The lowest BCUT2D eigenvalue weighted by Gasteiger charge is -2.39. The van der Waals surface area contributed by atoms with Crippen molar-refractivity contribution in [3.8, 4) is 5.75 Å². The lowest BCUT2D eigenvalue weighted by Crippen LogP contribution is -2.49. The monoisotopic (exact) mass is 640 g/mol. The van der Waals surface area contributed by atoms with Crippen molar-refractivity contribution in [3.05, 3.63) is 63.9 Å². The Kier molecular flexibility index (Phi) is 8.32. The minimum atomic E-state index is -1.36. The first-order valence-electron chi connectivity index (χ1n) is 15.1. The zero-order valence-electron chi connectivity index (χ0n) is 25.1. The van der Waals surface area contributed by atoms with E-state index in [0.29, 0.717) is 11.2 Å². The molecule has 1 amide bonds. The Hall–Kier alpha value is -4.72. The van der Waals surface area contributed by atoms with Crippen molar-refractivity contribution in [2.24, 2.45) is 0 Å². The number of morpholine rings is 1. The number of rotatable bonds is 9. The molecule has 3 N–H and O–H groups in total. The number of hydrogen-bond donors (Lipinski definition) is 3. The predicted molar refractivity (Wildman–Crippen MR) is 162 cm³/mol. The molecule has 3 aliphatic rings. The number of piperidine rings is 1. The van der Waals surface area contributed by atoms with Crippen molar-refractivity contribution in [1.82, 2.24) is 9.88 Å². The van der Waals surface area contributed by atoms with E-state index in [2.05, 4.69) is 5.32 Å². The maximum atomic E-state index is 15.3. The first kappa shape index (κ1) is 31.3. The van der Waals surface area contributed by atoms with E-state index in [1.807, 2.05) is 0 Å². The zero-order chi connectivity index (χ0) is 32.7. The molecule has 0 unspecified atom stereocenters. The van der Waals surface area contributed by atoms with Gasteiger partial charge in [0.2, 0.25) is 11.3 Å². The Morgan fingerprint density at radius 3 is 2.48 bits per heavy atom. The number of halogens is 2. The highest BCUT2D eigenvalue weighted by Crippen LogP contribution is 2.39. The number of aliphatic hydroxyl groups is 1. The van der Waals surface area contributed by atoms with Crippen molar-refractivity contribution in [2.75, 3.05) is 49.1 Å². The molecule has 2 saturated heterocycles. The summed E-state index contributed by atoms with van der Waals surface area (Å²) in [7, 11) is 0. The topological polar surface area (TPSA) is 151 Å². The number of ether oxygens (including phenoxy) is 2. The molecule has 1 saturated carbocycles. The summed E-state index contributed by atoms with van der Waals surface area (Å²) < 4.78 is 43.1. The summed E-state index contributed by atoms with van der Waals surface area (Å²) in [5.41, 5.74) is -1.31. The number of nitrogens with one attached hydrogen (secondary N) is 1. The number of amides is 1. The first-order chi connectivity index (χ1) is 21.9. The molecule has 244 valence electrons. The van der Waals surface area contributed by atoms with E-state index in [1.54, 1.807) is 26.5 Å². The lowest BCUT2D eigenvalue weighted by atomic mass is 9.92. The second-order valence-electron chi connectivity index (χ2n) is 12.2. The van der Waals surface area contributed by atoms with Gasteiger partial charge in [-0.05, 0) is 49.9 Å². The maximum absolute atomic E-state index is 15.3. The summed E-state index contributed by atoms with van der Waals surface area (Å²) >= 11 is 0. The number of pyridine rings is 1. The van der Waals surface area contributed by atoms with Crippen LogP contribution in [0.5, 0.6) is 5.75 Å². The van der Waals surface area contributed by atoms with E-state index in [0.717, 1.165) is 18.9 Å². The molecule has 3 heterocycles. The molecule has 0 spiro atoms. The van der Waals surface area contributed by atoms with Gasteiger partial charge in [-0.1, -0.05) is 0 Å². The highest BCUT2D eigenvalue weighted by atomic mass is 19.1. The van der Waals surface area contributed by atoms with E-state index in [1.165, 1.54) is 25.3 Å². The molecule has 14 heteroatoms. The Morgan fingerprint density at radius 2 is 1.83 bits per heavy atom. The third kappa shape index (κ3) is 6.48. The Labute approximate surface area is 262 Å². The predicted octanol–water partition coefficient (Wildman–Crippen LogP) is 2.59. The van der Waals surface area contributed by atoms with Crippen LogP contribution in [0, 0.1) is 11.6 Å². The van der Waals surface area contributed by atoms with Crippen LogP contribution in [0.1, 0.15) is 49.0 Å². The minimum Gasteiger partial charge on any atom is -0.488 e. The van der Waals surface area contributed by atoms with Crippen LogP contribution in [0.4, 0.5) is 20.2 Å². The number of anilines is 2. The largest absolute Gasteiger partial charge is 0.488 e. The SMILES string of the molecule is CC(=O)NC[C@H]1CN(c2ccc(OCC3(O)CCN(c4cc5c(cc4F)c(=O)c(C(=O)O)cn5C4CC4)CC3)c(F)c2)CC(=O)O1. The fourth-order valence-electron chi connectivity index (χ4n) is 6.02. The lowest BCUT2D eigenvalue weighted by molar-refractivity contribution is -0.150. The second-order valence-corrected chi connectivity index (χ2v) is 12.2. The molecule has 6 rings (SSSR count). The average molecular weight is 641 g/mol. The maximum Gasteiger partial charge on any atom is 0.341 e. The van der Waals surface area contributed by atoms with E-state index in [-0.39, 0.29) is 80.9 Å². The zero-order valence-corrected chi connectivity index (χ0v) is 25.1. The quantitative estimate of drug-likeness (QED) is 0.298. The van der Waals surface area contributed by atoms with Crippen LogP contribution in [-0.4, -0.2) is 83.7 Å². The van der Waals surface area contributed by atoms with Crippen LogP contribution in [0.25, 0.3) is 10.9 Å². The number of fused-ring (bicyclic) bond motifs is 1. The first-order valence-corrected chi connectivity index (χ1v) is 15.1. The van der Waals surface area contributed by atoms with Gasteiger partial charge in [0.25, 0.3) is 0 Å². The number of aromatic nitrogens is 1. The summed E-state index contributed by atoms with van der Waals surface area (Å²) in [6, 6.07) is 6.95. The number of carboxylic acids is 1. The molecule has 0 bridgehead atoms. The number of benzene rings is 2. The van der Waals surface area contributed by atoms with Crippen molar-refractivity contribution >= 4 is 40.1 Å². The van der Waals surface area contributed by atoms with E-state index in [4.69, 9.17) is 9.47 Å². The minimum absolute atomic E-state index is 0.00744. The number of carboxylic acid groups (broad SMARTS) is 1. The summed E-state index contributed by atoms with van der Waals surface area (Å²) in [5, 5.41) is 23.3. The molecule has 1 aliphatic carbocycles. The third-order valence-electron chi connectivity index (χ3n) is 8.70. The third-order valence-corrected chi connectivity index (χ3v) is 8.70. The fraction of sp³-hybridized carbons (Fsp3) is 0.438. The van der Waals surface area contributed by atoms with Crippen molar-refractivity contribution in [3.63, 3.8) is 0 Å². The van der Waals surface area contributed by atoms with Gasteiger partial charge < -0.3 is 39.4 Å². The average Bonchev–Trinajstić information content (AvgIpc) is 3.85. The number of cyclic esters (lactones) is 1. The normalized spacial score (nSPS) is 19.6. The smallest absolute Gasteiger partial charge is 0.341 e. The molecule has 2 aromatic carbocycles. The molecular formula is C32H34F2N4O8. The molecular weight excluding hydrogens is 606 g/mol. The number of carbonyl (C=O) groups excluding carboxylic acids is 2. The van der Waals surface area contributed by atoms with Gasteiger partial charge in [0.1, 0.15) is 36.2 Å². The van der Waals surface area contributed by atoms with Gasteiger partial charge in [0, 0.05) is 49.4 Å². The van der Waals surface area contributed by atoms with Crippen LogP contribution >= 0.6 is 0 Å². The van der Waals surface area contributed by atoms with E-state index in [9.17, 15) is 29.4 Å². The molecule has 1 atom stereocenters. The second kappa shape index (κ2) is 12.2. The van der Waals surface area contributed by atoms with E-state index >= 15 is 8.78 Å². The summed E-state index contributed by atoms with van der Waals surface area (Å²) in [4.78, 5) is 51.1. The van der Waals surface area contributed by atoms with Crippen LogP contribution < -0.4 is 25.3 Å². The molecule has 3 aromatic rings. The van der Waals surface area contributed by atoms with Crippen LogP contribution in [0.3, 0.4) is 0 Å². The standard InChI is InChI=1S/C32H34F2N4O8/c1-18(39)35-13-21-14-37(16-29(40)46-21)20-4-5-28(25(34)10-20)45-17-32(44)6-8-36(9-7-32)27-12-26-22(11-24(27)33)30(41)23(31(42)43)15-38(26)19-2-3-19/h4-5,10-12,15,19,21,44H,2-3,6-9,13-14,16-17H2,1H3,(H,35,39)(H,42,43)/t21-/m0/s1. The summed E-state index contributed by atoms with van der Waals surface area (Å²) in [6.07, 6.45) is 2.80. The Balaban J connectivity index is 1.11. The number of aromatic carboxylic acids is 1. The van der Waals surface area contributed by atoms with Crippen molar-refractivity contribution < 1.29 is 42.9 Å². The van der Waals surface area contributed by atoms with E-state index < -0.39 is 46.3 Å².